The van der Waals surface area contributed by atoms with Crippen LogP contribution >= 0.6 is 0 Å². The Kier molecular flexibility index (Phi) is 3.51. The highest BCUT2D eigenvalue weighted by molar-refractivity contribution is 5.87. The monoisotopic (exact) mass is 193 g/mol. The summed E-state index contributed by atoms with van der Waals surface area (Å²) in [7, 11) is 1.39. The van der Waals surface area contributed by atoms with E-state index in [1.807, 2.05) is 38.1 Å². The molecule has 0 N–H and O–H groups in total. The minimum atomic E-state index is -0.321. The third-order valence-electron chi connectivity index (χ3n) is 2.02. The second-order valence-corrected chi connectivity index (χ2v) is 3.05. The van der Waals surface area contributed by atoms with Crippen molar-refractivity contribution in [3.63, 3.8) is 0 Å². The molecule has 3 heteroatoms. The number of anilines is 1. The second-order valence-electron chi connectivity index (χ2n) is 3.05. The molecule has 0 unspecified atom stereocenters. The maximum absolute atomic E-state index is 11.4. The van der Waals surface area contributed by atoms with E-state index in [4.69, 9.17) is 0 Å². The normalized spacial score (nSPS) is 9.64. The molecule has 0 spiro atoms. The lowest BCUT2D eigenvalue weighted by atomic mass is 10.2. The minimum absolute atomic E-state index is 0.321. The Morgan fingerprint density at radius 3 is 2.71 bits per heavy atom. The fourth-order valence-corrected chi connectivity index (χ4v) is 1.32. The molecule has 0 aromatic heterocycles. The first kappa shape index (κ1) is 10.6. The molecule has 1 amide bonds. The Balaban J connectivity index is 2.94. The van der Waals surface area contributed by atoms with Crippen LogP contribution in [0.5, 0.6) is 0 Å². The Morgan fingerprint density at radius 1 is 1.50 bits per heavy atom. The van der Waals surface area contributed by atoms with Crippen LogP contribution < -0.4 is 4.90 Å². The SMILES string of the molecule is CCN(C(=O)OC)c1cccc(C)c1. The number of methoxy groups -OCH3 is 1. The largest absolute Gasteiger partial charge is 0.452 e. The van der Waals surface area contributed by atoms with Crippen LogP contribution in [0.2, 0.25) is 0 Å². The van der Waals surface area contributed by atoms with Crippen molar-refractivity contribution in [1.29, 1.82) is 0 Å². The maximum Gasteiger partial charge on any atom is 0.413 e. The molecular weight excluding hydrogens is 178 g/mol. The number of benzene rings is 1. The zero-order valence-electron chi connectivity index (χ0n) is 8.78. The van der Waals surface area contributed by atoms with Crippen LogP contribution in [-0.2, 0) is 4.74 Å². The van der Waals surface area contributed by atoms with Crippen molar-refractivity contribution in [3.8, 4) is 0 Å². The Morgan fingerprint density at radius 2 is 2.21 bits per heavy atom. The van der Waals surface area contributed by atoms with Gasteiger partial charge in [0.15, 0.2) is 0 Å². The average Bonchev–Trinajstić information content (AvgIpc) is 2.19. The van der Waals surface area contributed by atoms with Crippen LogP contribution in [0.25, 0.3) is 0 Å². The molecule has 0 bridgehead atoms. The standard InChI is InChI=1S/C11H15NO2/c1-4-12(11(13)14-3)10-7-5-6-9(2)8-10/h5-8H,4H2,1-3H3. The van der Waals surface area contributed by atoms with Crippen LogP contribution in [0.3, 0.4) is 0 Å². The van der Waals surface area contributed by atoms with E-state index in [2.05, 4.69) is 4.74 Å². The van der Waals surface area contributed by atoms with Crippen molar-refractivity contribution in [2.75, 3.05) is 18.6 Å². The third-order valence-corrected chi connectivity index (χ3v) is 2.02. The van der Waals surface area contributed by atoms with Crippen molar-refractivity contribution in [3.05, 3.63) is 29.8 Å². The highest BCUT2D eigenvalue weighted by atomic mass is 16.5. The summed E-state index contributed by atoms with van der Waals surface area (Å²) in [4.78, 5) is 12.9. The number of carbonyl (C=O) groups is 1. The zero-order chi connectivity index (χ0) is 10.6. The van der Waals surface area contributed by atoms with Gasteiger partial charge in [0.25, 0.3) is 0 Å². The summed E-state index contributed by atoms with van der Waals surface area (Å²) in [5.74, 6) is 0. The molecule has 0 radical (unpaired) electrons. The van der Waals surface area contributed by atoms with Crippen molar-refractivity contribution in [1.82, 2.24) is 0 Å². The highest BCUT2D eigenvalue weighted by Gasteiger charge is 2.13. The highest BCUT2D eigenvalue weighted by Crippen LogP contribution is 2.16. The predicted octanol–water partition coefficient (Wildman–Crippen LogP) is 2.59. The van der Waals surface area contributed by atoms with E-state index in [1.165, 1.54) is 7.11 Å². The summed E-state index contributed by atoms with van der Waals surface area (Å²) in [6, 6.07) is 7.78. The van der Waals surface area contributed by atoms with Gasteiger partial charge in [-0.05, 0) is 31.5 Å². The molecule has 0 heterocycles. The van der Waals surface area contributed by atoms with Gasteiger partial charge in [0.2, 0.25) is 0 Å². The topological polar surface area (TPSA) is 29.5 Å². The summed E-state index contributed by atoms with van der Waals surface area (Å²) in [5, 5.41) is 0. The average molecular weight is 193 g/mol. The predicted molar refractivity (Wildman–Crippen MR) is 56.6 cm³/mol. The van der Waals surface area contributed by atoms with Gasteiger partial charge in [0.1, 0.15) is 0 Å². The quantitative estimate of drug-likeness (QED) is 0.722. The van der Waals surface area contributed by atoms with Crippen LogP contribution in [0, 0.1) is 6.92 Å². The smallest absolute Gasteiger partial charge is 0.413 e. The summed E-state index contributed by atoms with van der Waals surface area (Å²) in [6.07, 6.45) is -0.321. The molecule has 14 heavy (non-hydrogen) atoms. The molecule has 0 saturated heterocycles. The van der Waals surface area contributed by atoms with Crippen molar-refractivity contribution >= 4 is 11.8 Å². The summed E-state index contributed by atoms with van der Waals surface area (Å²) >= 11 is 0. The molecule has 0 aliphatic heterocycles. The fraction of sp³-hybridized carbons (Fsp3) is 0.364. The Labute approximate surface area is 84.3 Å². The lowest BCUT2D eigenvalue weighted by Gasteiger charge is -2.19. The van der Waals surface area contributed by atoms with Gasteiger partial charge in [-0.3, -0.25) is 4.90 Å². The van der Waals surface area contributed by atoms with Gasteiger partial charge in [-0.1, -0.05) is 12.1 Å². The number of amides is 1. The van der Waals surface area contributed by atoms with Crippen molar-refractivity contribution in [2.45, 2.75) is 13.8 Å². The molecule has 0 atom stereocenters. The Bertz CT molecular complexity index is 323. The maximum atomic E-state index is 11.4. The molecule has 0 saturated carbocycles. The number of nitrogens with zero attached hydrogens (tertiary/aromatic N) is 1. The number of carbonyl (C=O) groups excluding carboxylic acids is 1. The van der Waals surface area contributed by atoms with Crippen LogP contribution in [0.1, 0.15) is 12.5 Å². The third kappa shape index (κ3) is 2.25. The van der Waals surface area contributed by atoms with Gasteiger partial charge in [0.05, 0.1) is 7.11 Å². The number of hydrogen-bond acceptors (Lipinski definition) is 2. The zero-order valence-corrected chi connectivity index (χ0v) is 8.78. The summed E-state index contributed by atoms with van der Waals surface area (Å²) < 4.78 is 4.68. The van der Waals surface area contributed by atoms with Crippen LogP contribution in [-0.4, -0.2) is 19.7 Å². The van der Waals surface area contributed by atoms with Crippen LogP contribution in [0.4, 0.5) is 10.5 Å². The Hall–Kier alpha value is -1.51. The van der Waals surface area contributed by atoms with Crippen LogP contribution in [0.15, 0.2) is 24.3 Å². The number of hydrogen-bond donors (Lipinski definition) is 0. The van der Waals surface area contributed by atoms with Gasteiger partial charge in [-0.15, -0.1) is 0 Å². The lowest BCUT2D eigenvalue weighted by Crippen LogP contribution is -2.30. The van der Waals surface area contributed by atoms with E-state index in [0.29, 0.717) is 6.54 Å². The van der Waals surface area contributed by atoms with Gasteiger partial charge in [-0.2, -0.15) is 0 Å². The van der Waals surface area contributed by atoms with Gasteiger partial charge >= 0.3 is 6.09 Å². The van der Waals surface area contributed by atoms with Gasteiger partial charge in [0, 0.05) is 12.2 Å². The van der Waals surface area contributed by atoms with Gasteiger partial charge in [-0.25, -0.2) is 4.79 Å². The molecular formula is C11H15NO2. The molecule has 1 aromatic carbocycles. The minimum Gasteiger partial charge on any atom is -0.452 e. The fourth-order valence-electron chi connectivity index (χ4n) is 1.32. The molecule has 76 valence electrons. The lowest BCUT2D eigenvalue weighted by molar-refractivity contribution is 0.179. The van der Waals surface area contributed by atoms with Crippen molar-refractivity contribution < 1.29 is 9.53 Å². The molecule has 1 aromatic rings. The first-order chi connectivity index (χ1) is 6.69. The number of aryl methyl sites for hydroxylation is 1. The van der Waals surface area contributed by atoms with Gasteiger partial charge < -0.3 is 4.74 Å². The van der Waals surface area contributed by atoms with E-state index in [0.717, 1.165) is 11.3 Å². The first-order valence-electron chi connectivity index (χ1n) is 4.61. The molecule has 0 aliphatic carbocycles. The molecule has 1 rings (SSSR count). The second kappa shape index (κ2) is 4.65. The summed E-state index contributed by atoms with van der Waals surface area (Å²) in [6.45, 7) is 4.52. The number of rotatable bonds is 2. The van der Waals surface area contributed by atoms with E-state index < -0.39 is 0 Å². The first-order valence-corrected chi connectivity index (χ1v) is 4.61. The summed E-state index contributed by atoms with van der Waals surface area (Å²) in [5.41, 5.74) is 2.00. The van der Waals surface area contributed by atoms with E-state index in [-0.39, 0.29) is 6.09 Å². The van der Waals surface area contributed by atoms with E-state index >= 15 is 0 Å². The molecule has 0 aliphatic rings. The van der Waals surface area contributed by atoms with E-state index in [9.17, 15) is 4.79 Å². The number of ether oxygens (including phenoxy) is 1. The molecule has 0 fully saturated rings. The van der Waals surface area contributed by atoms with Crippen molar-refractivity contribution in [2.24, 2.45) is 0 Å². The van der Waals surface area contributed by atoms with E-state index in [1.54, 1.807) is 4.90 Å². The molecule has 3 nitrogen and oxygen atoms in total.